The van der Waals surface area contributed by atoms with Crippen LogP contribution in [0.15, 0.2) is 59.9 Å². The Morgan fingerprint density at radius 1 is 1.19 bits per heavy atom. The monoisotopic (exact) mass is 419 g/mol. The molecule has 0 radical (unpaired) electrons. The lowest BCUT2D eigenvalue weighted by molar-refractivity contribution is -0.141. The van der Waals surface area contributed by atoms with Gasteiger partial charge in [0.2, 0.25) is 5.91 Å². The van der Waals surface area contributed by atoms with Crippen LogP contribution in [0.1, 0.15) is 43.7 Å². The first-order chi connectivity index (χ1) is 15.0. The molecule has 2 aromatic carbocycles. The van der Waals surface area contributed by atoms with Crippen molar-refractivity contribution in [2.75, 3.05) is 6.61 Å². The van der Waals surface area contributed by atoms with Gasteiger partial charge in [0, 0.05) is 23.4 Å². The lowest BCUT2D eigenvalue weighted by atomic mass is 9.84. The second kappa shape index (κ2) is 9.04. The van der Waals surface area contributed by atoms with Gasteiger partial charge >= 0.3 is 5.97 Å². The molecule has 7 heteroatoms. The minimum absolute atomic E-state index is 0.115. The molecular formula is C24H25N3O4. The Morgan fingerprint density at radius 2 is 2.00 bits per heavy atom. The van der Waals surface area contributed by atoms with E-state index >= 15 is 0 Å². The number of rotatable bonds is 7. The Morgan fingerprint density at radius 3 is 2.77 bits per heavy atom. The summed E-state index contributed by atoms with van der Waals surface area (Å²) in [7, 11) is 0. The quantitative estimate of drug-likeness (QED) is 0.565. The second-order valence-corrected chi connectivity index (χ2v) is 7.63. The van der Waals surface area contributed by atoms with Crippen LogP contribution in [-0.2, 0) is 20.9 Å². The van der Waals surface area contributed by atoms with E-state index < -0.39 is 5.97 Å². The molecule has 1 unspecified atom stereocenters. The topological polar surface area (TPSA) is 93.3 Å². The fraction of sp³-hybridized carbons (Fsp3) is 0.292. The van der Waals surface area contributed by atoms with E-state index in [4.69, 9.17) is 9.47 Å². The number of ether oxygens (including phenoxy) is 2. The van der Waals surface area contributed by atoms with Crippen LogP contribution >= 0.6 is 0 Å². The average molecular weight is 419 g/mol. The van der Waals surface area contributed by atoms with Gasteiger partial charge in [-0.15, -0.1) is 0 Å². The molecule has 1 amide bonds. The van der Waals surface area contributed by atoms with E-state index in [1.165, 1.54) is 0 Å². The SMILES string of the molecule is CCCOc1ccc(C2CC(=O)NC(C)=C2C(=O)OCc2ccc3[nH]ncc3c2)cc1. The van der Waals surface area contributed by atoms with Crippen molar-refractivity contribution in [1.29, 1.82) is 0 Å². The molecule has 2 N–H and O–H groups in total. The van der Waals surface area contributed by atoms with E-state index in [0.717, 1.165) is 34.2 Å². The highest BCUT2D eigenvalue weighted by Crippen LogP contribution is 2.34. The summed E-state index contributed by atoms with van der Waals surface area (Å²) in [5, 5.41) is 10.6. The number of amides is 1. The van der Waals surface area contributed by atoms with Gasteiger partial charge in [0.1, 0.15) is 12.4 Å². The van der Waals surface area contributed by atoms with Gasteiger partial charge in [0.25, 0.3) is 0 Å². The zero-order valence-corrected chi connectivity index (χ0v) is 17.6. The van der Waals surface area contributed by atoms with Crippen molar-refractivity contribution in [1.82, 2.24) is 15.5 Å². The molecule has 0 saturated carbocycles. The smallest absolute Gasteiger partial charge is 0.336 e. The van der Waals surface area contributed by atoms with E-state index in [0.29, 0.717) is 17.9 Å². The minimum Gasteiger partial charge on any atom is -0.494 e. The van der Waals surface area contributed by atoms with Crippen molar-refractivity contribution in [3.63, 3.8) is 0 Å². The van der Waals surface area contributed by atoms with Gasteiger partial charge in [-0.05, 0) is 48.7 Å². The number of carbonyl (C=O) groups excluding carboxylic acids is 2. The van der Waals surface area contributed by atoms with E-state index in [-0.39, 0.29) is 24.9 Å². The highest BCUT2D eigenvalue weighted by molar-refractivity contribution is 5.95. The number of esters is 1. The van der Waals surface area contributed by atoms with E-state index in [2.05, 4.69) is 15.5 Å². The Labute approximate surface area is 180 Å². The van der Waals surface area contributed by atoms with E-state index in [1.807, 2.05) is 49.4 Å². The summed E-state index contributed by atoms with van der Waals surface area (Å²) in [6.07, 6.45) is 2.85. The number of carbonyl (C=O) groups is 2. The van der Waals surface area contributed by atoms with Crippen LogP contribution in [-0.4, -0.2) is 28.7 Å². The van der Waals surface area contributed by atoms with Gasteiger partial charge in [-0.1, -0.05) is 25.1 Å². The standard InChI is InChI=1S/C24H25N3O4/c1-3-10-30-19-7-5-17(6-8-19)20-12-22(28)26-15(2)23(20)24(29)31-14-16-4-9-21-18(11-16)13-25-27-21/h4-9,11,13,20H,3,10,12,14H2,1-2H3,(H,25,27)(H,26,28). The molecular weight excluding hydrogens is 394 g/mol. The second-order valence-electron chi connectivity index (χ2n) is 7.63. The van der Waals surface area contributed by atoms with E-state index in [1.54, 1.807) is 13.1 Å². The maximum absolute atomic E-state index is 13.0. The molecule has 3 aromatic rings. The molecule has 1 atom stereocenters. The van der Waals surface area contributed by atoms with E-state index in [9.17, 15) is 9.59 Å². The van der Waals surface area contributed by atoms with Gasteiger partial charge in [-0.25, -0.2) is 4.79 Å². The van der Waals surface area contributed by atoms with Gasteiger partial charge < -0.3 is 14.8 Å². The predicted molar refractivity (Wildman–Crippen MR) is 116 cm³/mol. The van der Waals surface area contributed by atoms with Crippen molar-refractivity contribution in [3.05, 3.63) is 71.1 Å². The fourth-order valence-electron chi connectivity index (χ4n) is 3.78. The molecule has 31 heavy (non-hydrogen) atoms. The molecule has 0 bridgehead atoms. The summed E-state index contributed by atoms with van der Waals surface area (Å²) in [4.78, 5) is 25.2. The fourth-order valence-corrected chi connectivity index (χ4v) is 3.78. The lowest BCUT2D eigenvalue weighted by Gasteiger charge is -2.26. The molecule has 0 aliphatic carbocycles. The van der Waals surface area contributed by atoms with Crippen molar-refractivity contribution >= 4 is 22.8 Å². The summed E-state index contributed by atoms with van der Waals surface area (Å²) in [6, 6.07) is 13.3. The van der Waals surface area contributed by atoms with Gasteiger partial charge in [0.15, 0.2) is 0 Å². The molecule has 2 heterocycles. The first-order valence-electron chi connectivity index (χ1n) is 10.4. The van der Waals surface area contributed by atoms with Crippen LogP contribution in [0.25, 0.3) is 10.9 Å². The maximum atomic E-state index is 13.0. The van der Waals surface area contributed by atoms with Crippen LogP contribution in [0.3, 0.4) is 0 Å². The molecule has 0 fully saturated rings. The highest BCUT2D eigenvalue weighted by Gasteiger charge is 2.32. The summed E-state index contributed by atoms with van der Waals surface area (Å²) in [5.41, 5.74) is 3.68. The van der Waals surface area contributed by atoms with Crippen LogP contribution in [0.5, 0.6) is 5.75 Å². The van der Waals surface area contributed by atoms with Crippen molar-refractivity contribution in [3.8, 4) is 5.75 Å². The van der Waals surface area contributed by atoms with Crippen molar-refractivity contribution in [2.24, 2.45) is 0 Å². The Balaban J connectivity index is 1.52. The number of fused-ring (bicyclic) bond motifs is 1. The molecule has 1 aliphatic heterocycles. The zero-order chi connectivity index (χ0) is 21.8. The highest BCUT2D eigenvalue weighted by atomic mass is 16.5. The Kier molecular flexibility index (Phi) is 6.02. The lowest BCUT2D eigenvalue weighted by Crippen LogP contribution is -2.34. The summed E-state index contributed by atoms with van der Waals surface area (Å²) < 4.78 is 11.3. The number of H-pyrrole nitrogens is 1. The van der Waals surface area contributed by atoms with Gasteiger partial charge in [-0.3, -0.25) is 9.89 Å². The first kappa shape index (κ1) is 20.7. The minimum atomic E-state index is -0.430. The third kappa shape index (κ3) is 4.60. The number of allylic oxidation sites excluding steroid dienone is 1. The van der Waals surface area contributed by atoms with Crippen molar-refractivity contribution in [2.45, 2.75) is 39.2 Å². The molecule has 1 aromatic heterocycles. The Bertz CT molecular complexity index is 1130. The third-order valence-corrected chi connectivity index (χ3v) is 5.32. The summed E-state index contributed by atoms with van der Waals surface area (Å²) >= 11 is 0. The number of aromatic nitrogens is 2. The van der Waals surface area contributed by atoms with Crippen LogP contribution < -0.4 is 10.1 Å². The van der Waals surface area contributed by atoms with Crippen LogP contribution in [0.4, 0.5) is 0 Å². The number of benzene rings is 2. The largest absolute Gasteiger partial charge is 0.494 e. The number of hydrogen-bond acceptors (Lipinski definition) is 5. The normalized spacial score (nSPS) is 16.3. The Hall–Kier alpha value is -3.61. The number of nitrogens with zero attached hydrogens (tertiary/aromatic N) is 1. The average Bonchev–Trinajstić information content (AvgIpc) is 3.24. The number of nitrogens with one attached hydrogen (secondary N) is 2. The number of hydrogen-bond donors (Lipinski definition) is 2. The summed E-state index contributed by atoms with van der Waals surface area (Å²) in [6.45, 7) is 4.57. The molecule has 160 valence electrons. The summed E-state index contributed by atoms with van der Waals surface area (Å²) in [5.74, 6) is -0.139. The maximum Gasteiger partial charge on any atom is 0.336 e. The van der Waals surface area contributed by atoms with Crippen LogP contribution in [0.2, 0.25) is 0 Å². The predicted octanol–water partition coefficient (Wildman–Crippen LogP) is 3.97. The van der Waals surface area contributed by atoms with Gasteiger partial charge in [0.05, 0.1) is 23.9 Å². The molecule has 0 saturated heterocycles. The zero-order valence-electron chi connectivity index (χ0n) is 17.6. The van der Waals surface area contributed by atoms with Crippen LogP contribution in [0, 0.1) is 0 Å². The first-order valence-corrected chi connectivity index (χ1v) is 10.4. The molecule has 0 spiro atoms. The van der Waals surface area contributed by atoms with Gasteiger partial charge in [-0.2, -0.15) is 5.10 Å². The van der Waals surface area contributed by atoms with Crippen molar-refractivity contribution < 1.29 is 19.1 Å². The molecule has 4 rings (SSSR count). The molecule has 1 aliphatic rings. The third-order valence-electron chi connectivity index (χ3n) is 5.32. The number of aromatic amines is 1. The molecule has 7 nitrogen and oxygen atoms in total.